The average Bonchev–Trinajstić information content (AvgIpc) is 2.28. The van der Waals surface area contributed by atoms with Crippen molar-refractivity contribution in [3.05, 3.63) is 39.9 Å². The zero-order valence-electron chi connectivity index (χ0n) is 9.60. The van der Waals surface area contributed by atoms with Gasteiger partial charge >= 0.3 is 0 Å². The first-order valence-electron chi connectivity index (χ1n) is 5.28. The summed E-state index contributed by atoms with van der Waals surface area (Å²) < 4.78 is 0. The standard InChI is InChI=1S/C11H15N3O3/c1-9(15)13-6-5-12-8-10-3-2-4-11(7-10)14(16)17/h2-4,7,12H,5-6,8H2,1H3,(H,13,15). The highest BCUT2D eigenvalue weighted by molar-refractivity contribution is 5.72. The molecular weight excluding hydrogens is 222 g/mol. The maximum Gasteiger partial charge on any atom is 0.269 e. The van der Waals surface area contributed by atoms with Crippen molar-refractivity contribution < 1.29 is 9.72 Å². The van der Waals surface area contributed by atoms with E-state index in [-0.39, 0.29) is 11.6 Å². The molecule has 1 aromatic carbocycles. The monoisotopic (exact) mass is 237 g/mol. The van der Waals surface area contributed by atoms with Crippen molar-refractivity contribution in [3.63, 3.8) is 0 Å². The van der Waals surface area contributed by atoms with Gasteiger partial charge in [-0.2, -0.15) is 0 Å². The van der Waals surface area contributed by atoms with Crippen LogP contribution in [0.15, 0.2) is 24.3 Å². The van der Waals surface area contributed by atoms with Gasteiger partial charge in [-0.1, -0.05) is 12.1 Å². The van der Waals surface area contributed by atoms with Crippen LogP contribution in [0.2, 0.25) is 0 Å². The van der Waals surface area contributed by atoms with Crippen LogP contribution >= 0.6 is 0 Å². The number of carbonyl (C=O) groups excluding carboxylic acids is 1. The lowest BCUT2D eigenvalue weighted by atomic mass is 10.2. The molecule has 0 aromatic heterocycles. The number of benzene rings is 1. The van der Waals surface area contributed by atoms with Gasteiger partial charge in [-0.15, -0.1) is 0 Å². The first kappa shape index (κ1) is 13.1. The van der Waals surface area contributed by atoms with Crippen LogP contribution in [-0.2, 0) is 11.3 Å². The van der Waals surface area contributed by atoms with Crippen molar-refractivity contribution in [1.29, 1.82) is 0 Å². The Labute approximate surface area is 99.2 Å². The fourth-order valence-corrected chi connectivity index (χ4v) is 1.34. The summed E-state index contributed by atoms with van der Waals surface area (Å²) in [7, 11) is 0. The van der Waals surface area contributed by atoms with Crippen LogP contribution in [0.3, 0.4) is 0 Å². The van der Waals surface area contributed by atoms with Gasteiger partial charge in [0.25, 0.3) is 5.69 Å². The first-order chi connectivity index (χ1) is 8.09. The fourth-order valence-electron chi connectivity index (χ4n) is 1.34. The van der Waals surface area contributed by atoms with Crippen LogP contribution in [0.4, 0.5) is 5.69 Å². The Morgan fingerprint density at radius 1 is 1.41 bits per heavy atom. The van der Waals surface area contributed by atoms with E-state index >= 15 is 0 Å². The second-order valence-electron chi connectivity index (χ2n) is 3.59. The molecule has 0 aliphatic rings. The third kappa shape index (κ3) is 5.07. The second-order valence-corrected chi connectivity index (χ2v) is 3.59. The number of nitro benzene ring substituents is 1. The number of nitrogens with one attached hydrogen (secondary N) is 2. The van der Waals surface area contributed by atoms with Gasteiger partial charge in [0, 0.05) is 38.7 Å². The molecule has 6 nitrogen and oxygen atoms in total. The lowest BCUT2D eigenvalue weighted by molar-refractivity contribution is -0.384. The summed E-state index contributed by atoms with van der Waals surface area (Å²) >= 11 is 0. The third-order valence-corrected chi connectivity index (χ3v) is 2.13. The molecule has 92 valence electrons. The Bertz CT molecular complexity index is 407. The molecule has 1 rings (SSSR count). The Morgan fingerprint density at radius 2 is 2.18 bits per heavy atom. The fraction of sp³-hybridized carbons (Fsp3) is 0.364. The van der Waals surface area contributed by atoms with E-state index in [0.717, 1.165) is 5.56 Å². The summed E-state index contributed by atoms with van der Waals surface area (Å²) in [6.45, 7) is 3.17. The Balaban J connectivity index is 2.34. The highest BCUT2D eigenvalue weighted by Crippen LogP contribution is 2.12. The Morgan fingerprint density at radius 3 is 2.82 bits per heavy atom. The highest BCUT2D eigenvalue weighted by atomic mass is 16.6. The van der Waals surface area contributed by atoms with E-state index in [1.165, 1.54) is 19.1 Å². The Kier molecular flexibility index (Phi) is 5.09. The summed E-state index contributed by atoms with van der Waals surface area (Å²) in [6.07, 6.45) is 0. The average molecular weight is 237 g/mol. The number of nitro groups is 1. The summed E-state index contributed by atoms with van der Waals surface area (Å²) in [5.41, 5.74) is 0.938. The maximum atomic E-state index is 10.6. The van der Waals surface area contributed by atoms with Gasteiger partial charge in [0.2, 0.25) is 5.91 Å². The Hall–Kier alpha value is -1.95. The van der Waals surface area contributed by atoms with E-state index in [9.17, 15) is 14.9 Å². The number of hydrogen-bond donors (Lipinski definition) is 2. The molecule has 2 N–H and O–H groups in total. The molecule has 0 bridgehead atoms. The predicted octanol–water partition coefficient (Wildman–Crippen LogP) is 0.820. The number of carbonyl (C=O) groups is 1. The van der Waals surface area contributed by atoms with Crippen LogP contribution in [0.25, 0.3) is 0 Å². The van der Waals surface area contributed by atoms with Crippen LogP contribution in [0.1, 0.15) is 12.5 Å². The normalized spacial score (nSPS) is 9.94. The van der Waals surface area contributed by atoms with Crippen molar-refractivity contribution in [2.75, 3.05) is 13.1 Å². The van der Waals surface area contributed by atoms with E-state index in [2.05, 4.69) is 10.6 Å². The lowest BCUT2D eigenvalue weighted by Crippen LogP contribution is -2.29. The SMILES string of the molecule is CC(=O)NCCNCc1cccc([N+](=O)[O-])c1. The van der Waals surface area contributed by atoms with Crippen LogP contribution in [0, 0.1) is 10.1 Å². The number of nitrogens with zero attached hydrogens (tertiary/aromatic N) is 1. The molecule has 0 unspecified atom stereocenters. The van der Waals surface area contributed by atoms with Crippen LogP contribution in [-0.4, -0.2) is 23.9 Å². The molecule has 0 saturated heterocycles. The molecule has 0 aliphatic carbocycles. The van der Waals surface area contributed by atoms with Gasteiger partial charge in [-0.3, -0.25) is 14.9 Å². The van der Waals surface area contributed by atoms with Crippen LogP contribution in [0.5, 0.6) is 0 Å². The lowest BCUT2D eigenvalue weighted by Gasteiger charge is -2.05. The zero-order valence-corrected chi connectivity index (χ0v) is 9.60. The van der Waals surface area contributed by atoms with Gasteiger partial charge in [0.1, 0.15) is 0 Å². The minimum Gasteiger partial charge on any atom is -0.355 e. The molecule has 6 heteroatoms. The van der Waals surface area contributed by atoms with Crippen molar-refractivity contribution >= 4 is 11.6 Å². The minimum atomic E-state index is -0.416. The van der Waals surface area contributed by atoms with E-state index < -0.39 is 4.92 Å². The molecule has 0 heterocycles. The molecule has 0 spiro atoms. The molecule has 1 amide bonds. The van der Waals surface area contributed by atoms with E-state index in [4.69, 9.17) is 0 Å². The van der Waals surface area contributed by atoms with Crippen molar-refractivity contribution in [1.82, 2.24) is 10.6 Å². The molecule has 0 atom stereocenters. The zero-order chi connectivity index (χ0) is 12.7. The molecule has 0 aliphatic heterocycles. The van der Waals surface area contributed by atoms with E-state index in [0.29, 0.717) is 19.6 Å². The minimum absolute atomic E-state index is 0.0675. The summed E-state index contributed by atoms with van der Waals surface area (Å²) in [5, 5.41) is 16.3. The number of hydrogen-bond acceptors (Lipinski definition) is 4. The topological polar surface area (TPSA) is 84.3 Å². The molecule has 0 fully saturated rings. The third-order valence-electron chi connectivity index (χ3n) is 2.13. The predicted molar refractivity (Wildman–Crippen MR) is 63.5 cm³/mol. The summed E-state index contributed by atoms with van der Waals surface area (Å²) in [5.74, 6) is -0.0675. The van der Waals surface area contributed by atoms with Gasteiger partial charge in [0.15, 0.2) is 0 Å². The molecule has 0 saturated carbocycles. The number of amides is 1. The van der Waals surface area contributed by atoms with Gasteiger partial charge in [-0.05, 0) is 5.56 Å². The summed E-state index contributed by atoms with van der Waals surface area (Å²) in [6, 6.07) is 6.47. The van der Waals surface area contributed by atoms with Gasteiger partial charge < -0.3 is 10.6 Å². The molecular formula is C11H15N3O3. The van der Waals surface area contributed by atoms with Crippen LogP contribution < -0.4 is 10.6 Å². The maximum absolute atomic E-state index is 10.6. The van der Waals surface area contributed by atoms with Crippen molar-refractivity contribution in [2.45, 2.75) is 13.5 Å². The highest BCUT2D eigenvalue weighted by Gasteiger charge is 2.04. The molecule has 1 aromatic rings. The van der Waals surface area contributed by atoms with Gasteiger partial charge in [0.05, 0.1) is 4.92 Å². The quantitative estimate of drug-likeness (QED) is 0.436. The molecule has 17 heavy (non-hydrogen) atoms. The first-order valence-corrected chi connectivity index (χ1v) is 5.28. The number of rotatable bonds is 6. The second kappa shape index (κ2) is 6.59. The summed E-state index contributed by atoms with van der Waals surface area (Å²) in [4.78, 5) is 20.7. The largest absolute Gasteiger partial charge is 0.355 e. The smallest absolute Gasteiger partial charge is 0.269 e. The van der Waals surface area contributed by atoms with E-state index in [1.807, 2.05) is 6.07 Å². The van der Waals surface area contributed by atoms with Crippen molar-refractivity contribution in [3.8, 4) is 0 Å². The van der Waals surface area contributed by atoms with Crippen molar-refractivity contribution in [2.24, 2.45) is 0 Å². The van der Waals surface area contributed by atoms with E-state index in [1.54, 1.807) is 6.07 Å². The molecule has 0 radical (unpaired) electrons. The van der Waals surface area contributed by atoms with Gasteiger partial charge in [-0.25, -0.2) is 0 Å². The number of non-ortho nitro benzene ring substituents is 1.